The number of benzene rings is 1. The van der Waals surface area contributed by atoms with Crippen LogP contribution in [0.1, 0.15) is 17.4 Å². The van der Waals surface area contributed by atoms with E-state index in [9.17, 15) is 23.5 Å². The van der Waals surface area contributed by atoms with Crippen molar-refractivity contribution in [3.05, 3.63) is 70.6 Å². The Kier molecular flexibility index (Phi) is 4.04. The van der Waals surface area contributed by atoms with Crippen molar-refractivity contribution in [3.63, 3.8) is 0 Å². The summed E-state index contributed by atoms with van der Waals surface area (Å²) >= 11 is 1.02. The quantitative estimate of drug-likeness (QED) is 0.420. The maximum absolute atomic E-state index is 13.6. The molecule has 3 aromatic rings. The van der Waals surface area contributed by atoms with Gasteiger partial charge in [0.1, 0.15) is 23.1 Å². The molecule has 0 aliphatic carbocycles. The molecule has 1 amide bonds. The molecule has 0 spiro atoms. The van der Waals surface area contributed by atoms with Gasteiger partial charge in [-0.15, -0.1) is 10.2 Å². The number of Topliss-reactive ketones (excluding diaryl/α,β-unsaturated/α-hetero) is 1. The number of aliphatic hydroxyl groups is 1. The molecule has 1 N–H and O–H groups in total. The highest BCUT2D eigenvalue weighted by molar-refractivity contribution is 7.13. The van der Waals surface area contributed by atoms with Crippen molar-refractivity contribution in [3.8, 4) is 0 Å². The van der Waals surface area contributed by atoms with Gasteiger partial charge in [0.05, 0.1) is 11.8 Å². The fourth-order valence-electron chi connectivity index (χ4n) is 2.82. The second kappa shape index (κ2) is 6.40. The second-order valence-corrected chi connectivity index (χ2v) is 6.35. The van der Waals surface area contributed by atoms with E-state index in [0.29, 0.717) is 0 Å². The fourth-order valence-corrected chi connectivity index (χ4v) is 3.40. The third kappa shape index (κ3) is 2.70. The van der Waals surface area contributed by atoms with Gasteiger partial charge in [0, 0.05) is 5.56 Å². The van der Waals surface area contributed by atoms with E-state index in [1.165, 1.54) is 17.8 Å². The summed E-state index contributed by atoms with van der Waals surface area (Å²) in [5.41, 5.74) is 0.903. The molecule has 3 heterocycles. The van der Waals surface area contributed by atoms with E-state index < -0.39 is 35.1 Å². The zero-order chi connectivity index (χ0) is 19.1. The SMILES string of the molecule is O=C1C(=O)N(c2nncs2)C(c2ccco2)/C1=C(\O)c1ccc(F)c(F)c1. The minimum absolute atomic E-state index is 0.128. The van der Waals surface area contributed by atoms with Crippen molar-refractivity contribution in [2.45, 2.75) is 6.04 Å². The van der Waals surface area contributed by atoms with E-state index in [0.717, 1.165) is 34.4 Å². The topological polar surface area (TPSA) is 96.5 Å². The summed E-state index contributed by atoms with van der Waals surface area (Å²) in [6.45, 7) is 0. The van der Waals surface area contributed by atoms with Gasteiger partial charge in [-0.3, -0.25) is 14.5 Å². The van der Waals surface area contributed by atoms with Crippen LogP contribution in [0.25, 0.3) is 5.76 Å². The molecular weight excluding hydrogens is 380 g/mol. The minimum Gasteiger partial charge on any atom is -0.507 e. The van der Waals surface area contributed by atoms with Crippen LogP contribution in [0.5, 0.6) is 0 Å². The van der Waals surface area contributed by atoms with Crippen molar-refractivity contribution < 1.29 is 27.9 Å². The van der Waals surface area contributed by atoms with Gasteiger partial charge in [-0.25, -0.2) is 8.78 Å². The van der Waals surface area contributed by atoms with Gasteiger partial charge in [0.15, 0.2) is 11.6 Å². The maximum Gasteiger partial charge on any atom is 0.302 e. The molecule has 27 heavy (non-hydrogen) atoms. The van der Waals surface area contributed by atoms with Crippen molar-refractivity contribution in [2.75, 3.05) is 4.90 Å². The number of rotatable bonds is 3. The molecule has 10 heteroatoms. The monoisotopic (exact) mass is 389 g/mol. The number of carbonyl (C=O) groups is 2. The summed E-state index contributed by atoms with van der Waals surface area (Å²) in [4.78, 5) is 26.2. The van der Waals surface area contributed by atoms with E-state index in [1.807, 2.05) is 0 Å². The molecule has 1 unspecified atom stereocenters. The molecule has 1 atom stereocenters. The van der Waals surface area contributed by atoms with Gasteiger partial charge in [-0.2, -0.15) is 0 Å². The van der Waals surface area contributed by atoms with Crippen LogP contribution in [-0.4, -0.2) is 27.0 Å². The molecule has 4 rings (SSSR count). The lowest BCUT2D eigenvalue weighted by Gasteiger charge is -2.19. The Morgan fingerprint density at radius 3 is 2.67 bits per heavy atom. The van der Waals surface area contributed by atoms with E-state index >= 15 is 0 Å². The van der Waals surface area contributed by atoms with Crippen LogP contribution in [0.2, 0.25) is 0 Å². The average Bonchev–Trinajstić information content (AvgIpc) is 3.39. The third-order valence-corrected chi connectivity index (χ3v) is 4.69. The number of hydrogen-bond donors (Lipinski definition) is 1. The van der Waals surface area contributed by atoms with E-state index in [-0.39, 0.29) is 22.0 Å². The van der Waals surface area contributed by atoms with Crippen molar-refractivity contribution in [2.24, 2.45) is 0 Å². The number of ketones is 1. The Balaban J connectivity index is 1.93. The summed E-state index contributed by atoms with van der Waals surface area (Å²) in [6, 6.07) is 4.60. The zero-order valence-electron chi connectivity index (χ0n) is 13.3. The van der Waals surface area contributed by atoms with Crippen LogP contribution in [0, 0.1) is 11.6 Å². The smallest absolute Gasteiger partial charge is 0.302 e. The number of halogens is 2. The van der Waals surface area contributed by atoms with Gasteiger partial charge in [0.2, 0.25) is 5.13 Å². The van der Waals surface area contributed by atoms with Gasteiger partial charge in [-0.05, 0) is 30.3 Å². The van der Waals surface area contributed by atoms with Crippen LogP contribution in [0.3, 0.4) is 0 Å². The highest BCUT2D eigenvalue weighted by Crippen LogP contribution is 2.42. The molecular formula is C17H9F2N3O4S. The molecule has 1 fully saturated rings. The predicted octanol–water partition coefficient (Wildman–Crippen LogP) is 3.04. The van der Waals surface area contributed by atoms with Crippen molar-refractivity contribution in [1.29, 1.82) is 0 Å². The Labute approximate surface area is 154 Å². The maximum atomic E-state index is 13.6. The van der Waals surface area contributed by atoms with Gasteiger partial charge >= 0.3 is 5.91 Å². The standard InChI is InChI=1S/C17H9F2N3O4S/c18-9-4-3-8(6-10(9)19)14(23)12-13(11-2-1-5-26-11)22(16(25)15(12)24)17-21-20-7-27-17/h1-7,13,23H/b14-12+. The summed E-state index contributed by atoms with van der Waals surface area (Å²) in [5, 5.41) is 18.2. The molecule has 1 aliphatic rings. The van der Waals surface area contributed by atoms with E-state index in [4.69, 9.17) is 4.42 Å². The predicted molar refractivity (Wildman–Crippen MR) is 89.8 cm³/mol. The van der Waals surface area contributed by atoms with Gasteiger partial charge in [0.25, 0.3) is 5.78 Å². The first-order valence-corrected chi connectivity index (χ1v) is 8.43. The summed E-state index contributed by atoms with van der Waals surface area (Å²) in [7, 11) is 0. The molecule has 2 aromatic heterocycles. The number of furan rings is 1. The van der Waals surface area contributed by atoms with Crippen LogP contribution < -0.4 is 4.90 Å². The largest absolute Gasteiger partial charge is 0.507 e. The third-order valence-electron chi connectivity index (χ3n) is 4.00. The first-order valence-electron chi connectivity index (χ1n) is 7.55. The number of hydrogen-bond acceptors (Lipinski definition) is 7. The molecule has 1 aliphatic heterocycles. The molecule has 0 radical (unpaired) electrons. The number of carbonyl (C=O) groups excluding carboxylic acids is 2. The van der Waals surface area contributed by atoms with Gasteiger partial charge in [-0.1, -0.05) is 11.3 Å². The Bertz CT molecular complexity index is 1060. The first-order chi connectivity index (χ1) is 13.0. The number of aromatic nitrogens is 2. The molecule has 1 saturated heterocycles. The summed E-state index contributed by atoms with van der Waals surface area (Å²) in [6.07, 6.45) is 1.34. The van der Waals surface area contributed by atoms with E-state index in [2.05, 4.69) is 10.2 Å². The summed E-state index contributed by atoms with van der Waals surface area (Å²) < 4.78 is 32.1. The highest BCUT2D eigenvalue weighted by Gasteiger charge is 2.49. The lowest BCUT2D eigenvalue weighted by atomic mass is 9.99. The number of nitrogens with zero attached hydrogens (tertiary/aromatic N) is 3. The van der Waals surface area contributed by atoms with Crippen LogP contribution in [0.4, 0.5) is 13.9 Å². The van der Waals surface area contributed by atoms with Crippen LogP contribution in [0.15, 0.2) is 52.1 Å². The van der Waals surface area contributed by atoms with Crippen molar-refractivity contribution in [1.82, 2.24) is 10.2 Å². The zero-order valence-corrected chi connectivity index (χ0v) is 14.1. The minimum atomic E-state index is -1.20. The molecule has 0 bridgehead atoms. The second-order valence-electron chi connectivity index (χ2n) is 5.53. The highest BCUT2D eigenvalue weighted by atomic mass is 32.1. The lowest BCUT2D eigenvalue weighted by Crippen LogP contribution is -2.29. The number of anilines is 1. The molecule has 7 nitrogen and oxygen atoms in total. The number of amides is 1. The molecule has 136 valence electrons. The summed E-state index contributed by atoms with van der Waals surface area (Å²) in [5.74, 6) is -4.73. The first kappa shape index (κ1) is 17.0. The Hall–Kier alpha value is -3.40. The van der Waals surface area contributed by atoms with E-state index in [1.54, 1.807) is 6.07 Å². The molecule has 0 saturated carbocycles. The molecule has 1 aromatic carbocycles. The fraction of sp³-hybridized carbons (Fsp3) is 0.0588. The Morgan fingerprint density at radius 1 is 1.22 bits per heavy atom. The average molecular weight is 389 g/mol. The van der Waals surface area contributed by atoms with Gasteiger partial charge < -0.3 is 9.52 Å². The number of aliphatic hydroxyl groups excluding tert-OH is 1. The lowest BCUT2D eigenvalue weighted by molar-refractivity contribution is -0.132. The van der Waals surface area contributed by atoms with Crippen molar-refractivity contribution >= 4 is 33.9 Å². The Morgan fingerprint density at radius 2 is 2.04 bits per heavy atom. The normalized spacial score (nSPS) is 19.0. The van der Waals surface area contributed by atoms with Crippen LogP contribution >= 0.6 is 11.3 Å². The van der Waals surface area contributed by atoms with Crippen LogP contribution in [-0.2, 0) is 9.59 Å².